The Bertz CT molecular complexity index is 389. The van der Waals surface area contributed by atoms with E-state index in [1.165, 1.54) is 5.56 Å². The third-order valence-electron chi connectivity index (χ3n) is 3.18. The number of hydrogen-bond acceptors (Lipinski definition) is 3. The second-order valence-corrected chi connectivity index (χ2v) is 4.57. The third kappa shape index (κ3) is 3.74. The lowest BCUT2D eigenvalue weighted by Gasteiger charge is -2.27. The second kappa shape index (κ2) is 6.40. The number of nitrogens with one attached hydrogen (secondary N) is 1. The van der Waals surface area contributed by atoms with Gasteiger partial charge in [0.1, 0.15) is 5.75 Å². The van der Waals surface area contributed by atoms with Gasteiger partial charge in [-0.15, -0.1) is 0 Å². The quantitative estimate of drug-likeness (QED) is 0.770. The number of likely N-dealkylation sites (N-methyl/N-ethyl adjacent to an activating group) is 1. The SMILES string of the molecule is CCNC(C)(CCc1ccc(OC)cc1)C(N)=O. The first-order valence-electron chi connectivity index (χ1n) is 6.19. The first-order valence-corrected chi connectivity index (χ1v) is 6.19. The normalized spacial score (nSPS) is 13.9. The number of ether oxygens (including phenoxy) is 1. The molecule has 1 unspecified atom stereocenters. The van der Waals surface area contributed by atoms with E-state index in [1.54, 1.807) is 7.11 Å². The molecule has 18 heavy (non-hydrogen) atoms. The maximum absolute atomic E-state index is 11.5. The molecule has 1 amide bonds. The fourth-order valence-corrected chi connectivity index (χ4v) is 1.88. The highest BCUT2D eigenvalue weighted by Crippen LogP contribution is 2.17. The molecule has 1 rings (SSSR count). The summed E-state index contributed by atoms with van der Waals surface area (Å²) >= 11 is 0. The zero-order valence-electron chi connectivity index (χ0n) is 11.3. The summed E-state index contributed by atoms with van der Waals surface area (Å²) in [5.41, 5.74) is 5.97. The van der Waals surface area contributed by atoms with Crippen LogP contribution < -0.4 is 15.8 Å². The molecule has 0 aliphatic carbocycles. The van der Waals surface area contributed by atoms with Crippen LogP contribution in [0.4, 0.5) is 0 Å². The maximum Gasteiger partial charge on any atom is 0.237 e. The zero-order chi connectivity index (χ0) is 13.6. The van der Waals surface area contributed by atoms with Crippen molar-refractivity contribution < 1.29 is 9.53 Å². The number of methoxy groups -OCH3 is 1. The zero-order valence-corrected chi connectivity index (χ0v) is 11.3. The second-order valence-electron chi connectivity index (χ2n) is 4.57. The van der Waals surface area contributed by atoms with E-state index in [1.807, 2.05) is 38.1 Å². The molecule has 1 atom stereocenters. The Morgan fingerprint density at radius 1 is 1.39 bits per heavy atom. The van der Waals surface area contributed by atoms with E-state index in [9.17, 15) is 4.79 Å². The van der Waals surface area contributed by atoms with E-state index in [2.05, 4.69) is 5.32 Å². The smallest absolute Gasteiger partial charge is 0.237 e. The summed E-state index contributed by atoms with van der Waals surface area (Å²) in [7, 11) is 1.64. The van der Waals surface area contributed by atoms with Crippen LogP contribution in [0.1, 0.15) is 25.8 Å². The van der Waals surface area contributed by atoms with E-state index in [0.717, 1.165) is 18.7 Å². The maximum atomic E-state index is 11.5. The van der Waals surface area contributed by atoms with Gasteiger partial charge in [0.25, 0.3) is 0 Å². The van der Waals surface area contributed by atoms with Crippen molar-refractivity contribution in [1.82, 2.24) is 5.32 Å². The van der Waals surface area contributed by atoms with Gasteiger partial charge in [-0.2, -0.15) is 0 Å². The minimum absolute atomic E-state index is 0.308. The first-order chi connectivity index (χ1) is 8.51. The molecule has 4 heteroatoms. The van der Waals surface area contributed by atoms with E-state index >= 15 is 0 Å². The van der Waals surface area contributed by atoms with Gasteiger partial charge in [0.2, 0.25) is 5.91 Å². The van der Waals surface area contributed by atoms with Gasteiger partial charge in [-0.1, -0.05) is 19.1 Å². The fourth-order valence-electron chi connectivity index (χ4n) is 1.88. The van der Waals surface area contributed by atoms with Gasteiger partial charge >= 0.3 is 0 Å². The number of benzene rings is 1. The number of aryl methyl sites for hydroxylation is 1. The van der Waals surface area contributed by atoms with Crippen LogP contribution in [0, 0.1) is 0 Å². The summed E-state index contributed by atoms with van der Waals surface area (Å²) < 4.78 is 5.10. The van der Waals surface area contributed by atoms with Gasteiger partial charge < -0.3 is 15.8 Å². The van der Waals surface area contributed by atoms with Crippen molar-refractivity contribution in [1.29, 1.82) is 0 Å². The Balaban J connectivity index is 2.64. The van der Waals surface area contributed by atoms with Gasteiger partial charge in [-0.3, -0.25) is 4.79 Å². The Morgan fingerprint density at radius 2 is 2.00 bits per heavy atom. The molecule has 0 aliphatic heterocycles. The minimum Gasteiger partial charge on any atom is -0.497 e. The van der Waals surface area contributed by atoms with Crippen molar-refractivity contribution in [3.05, 3.63) is 29.8 Å². The van der Waals surface area contributed by atoms with E-state index < -0.39 is 5.54 Å². The monoisotopic (exact) mass is 250 g/mol. The number of hydrogen-bond donors (Lipinski definition) is 2. The summed E-state index contributed by atoms with van der Waals surface area (Å²) in [6.45, 7) is 4.54. The van der Waals surface area contributed by atoms with Crippen LogP contribution in [0.3, 0.4) is 0 Å². The molecule has 0 fully saturated rings. The number of carbonyl (C=O) groups is 1. The van der Waals surface area contributed by atoms with Gasteiger partial charge in [-0.25, -0.2) is 0 Å². The van der Waals surface area contributed by atoms with Gasteiger partial charge in [-0.05, 0) is 44.0 Å². The molecule has 0 saturated heterocycles. The molecule has 1 aromatic carbocycles. The average molecular weight is 250 g/mol. The number of carbonyl (C=O) groups excluding carboxylic acids is 1. The van der Waals surface area contributed by atoms with Crippen molar-refractivity contribution in [2.75, 3.05) is 13.7 Å². The first kappa shape index (κ1) is 14.5. The van der Waals surface area contributed by atoms with Crippen LogP contribution in [0.15, 0.2) is 24.3 Å². The Morgan fingerprint density at radius 3 is 2.44 bits per heavy atom. The van der Waals surface area contributed by atoms with Crippen LogP contribution >= 0.6 is 0 Å². The summed E-state index contributed by atoms with van der Waals surface area (Å²) in [4.78, 5) is 11.5. The highest BCUT2D eigenvalue weighted by atomic mass is 16.5. The molecule has 3 N–H and O–H groups in total. The number of amides is 1. The van der Waals surface area contributed by atoms with E-state index in [0.29, 0.717) is 6.42 Å². The Kier molecular flexibility index (Phi) is 5.16. The van der Waals surface area contributed by atoms with E-state index in [4.69, 9.17) is 10.5 Å². The molecule has 0 aromatic heterocycles. The predicted molar refractivity (Wildman–Crippen MR) is 72.6 cm³/mol. The molecule has 0 saturated carbocycles. The topological polar surface area (TPSA) is 64.3 Å². The lowest BCUT2D eigenvalue weighted by Crippen LogP contribution is -2.53. The fraction of sp³-hybridized carbons (Fsp3) is 0.500. The number of nitrogens with two attached hydrogens (primary N) is 1. The van der Waals surface area contributed by atoms with Gasteiger partial charge in [0, 0.05) is 0 Å². The van der Waals surface area contributed by atoms with Crippen LogP contribution in [-0.2, 0) is 11.2 Å². The van der Waals surface area contributed by atoms with Gasteiger partial charge in [0.15, 0.2) is 0 Å². The summed E-state index contributed by atoms with van der Waals surface area (Å²) in [6, 6.07) is 7.85. The molecule has 0 radical (unpaired) electrons. The van der Waals surface area contributed by atoms with Crippen molar-refractivity contribution >= 4 is 5.91 Å². The van der Waals surface area contributed by atoms with Crippen molar-refractivity contribution in [3.8, 4) is 5.75 Å². The number of rotatable bonds is 7. The Labute approximate surface area is 109 Å². The van der Waals surface area contributed by atoms with Crippen molar-refractivity contribution in [2.24, 2.45) is 5.73 Å². The molecule has 1 aromatic rings. The predicted octanol–water partition coefficient (Wildman–Crippen LogP) is 1.48. The average Bonchev–Trinajstić information content (AvgIpc) is 2.37. The van der Waals surface area contributed by atoms with Crippen molar-refractivity contribution in [3.63, 3.8) is 0 Å². The molecule has 0 heterocycles. The van der Waals surface area contributed by atoms with Crippen LogP contribution in [0.5, 0.6) is 5.75 Å². The summed E-state index contributed by atoms with van der Waals surface area (Å²) in [6.07, 6.45) is 1.49. The van der Waals surface area contributed by atoms with Crippen LogP contribution in [0.2, 0.25) is 0 Å². The standard InChI is InChI=1S/C14H22N2O2/c1-4-16-14(2,13(15)17)10-9-11-5-7-12(18-3)8-6-11/h5-8,16H,4,9-10H2,1-3H3,(H2,15,17). The lowest BCUT2D eigenvalue weighted by atomic mass is 9.92. The lowest BCUT2D eigenvalue weighted by molar-refractivity contribution is -0.124. The summed E-state index contributed by atoms with van der Waals surface area (Å²) in [5.74, 6) is 0.529. The molecule has 0 aliphatic rings. The molecular formula is C14H22N2O2. The Hall–Kier alpha value is -1.55. The van der Waals surface area contributed by atoms with Crippen LogP contribution in [-0.4, -0.2) is 25.1 Å². The molecule has 4 nitrogen and oxygen atoms in total. The summed E-state index contributed by atoms with van der Waals surface area (Å²) in [5, 5.41) is 3.15. The van der Waals surface area contributed by atoms with E-state index in [-0.39, 0.29) is 5.91 Å². The molecular weight excluding hydrogens is 228 g/mol. The van der Waals surface area contributed by atoms with Crippen molar-refractivity contribution in [2.45, 2.75) is 32.2 Å². The largest absolute Gasteiger partial charge is 0.497 e. The van der Waals surface area contributed by atoms with Crippen LogP contribution in [0.25, 0.3) is 0 Å². The highest BCUT2D eigenvalue weighted by Gasteiger charge is 2.29. The number of primary amides is 1. The van der Waals surface area contributed by atoms with Gasteiger partial charge in [0.05, 0.1) is 12.6 Å². The minimum atomic E-state index is -0.644. The molecule has 0 spiro atoms. The highest BCUT2D eigenvalue weighted by molar-refractivity contribution is 5.84. The third-order valence-corrected chi connectivity index (χ3v) is 3.18. The molecule has 100 valence electrons. The molecule has 0 bridgehead atoms.